The fourth-order valence-electron chi connectivity index (χ4n) is 2.97. The highest BCUT2D eigenvalue weighted by Crippen LogP contribution is 2.22. The molecule has 1 aromatic carbocycles. The average Bonchev–Trinajstić information content (AvgIpc) is 3.08. The summed E-state index contributed by atoms with van der Waals surface area (Å²) in [4.78, 5) is 12.1. The van der Waals surface area contributed by atoms with Crippen LogP contribution in [0.1, 0.15) is 25.7 Å². The number of rotatable bonds is 5. The zero-order valence-electron chi connectivity index (χ0n) is 13.1. The van der Waals surface area contributed by atoms with Crippen LogP contribution in [0, 0.1) is 11.7 Å². The van der Waals surface area contributed by atoms with Crippen molar-refractivity contribution in [3.63, 3.8) is 0 Å². The second kappa shape index (κ2) is 7.75. The van der Waals surface area contributed by atoms with E-state index in [1.807, 2.05) is 0 Å². The summed E-state index contributed by atoms with van der Waals surface area (Å²) in [6, 6.07) is 4.73. The van der Waals surface area contributed by atoms with Crippen molar-refractivity contribution >= 4 is 17.3 Å². The number of ether oxygens (including phenoxy) is 2. The maximum absolute atomic E-state index is 14.1. The molecule has 0 radical (unpaired) electrons. The molecular formula is C17H23FN2O3. The third-order valence-corrected chi connectivity index (χ3v) is 4.37. The Bertz CT molecular complexity index is 541. The molecule has 6 heteroatoms. The minimum atomic E-state index is -0.368. The number of amides is 1. The van der Waals surface area contributed by atoms with Gasteiger partial charge in [-0.05, 0) is 43.9 Å². The largest absolute Gasteiger partial charge is 0.381 e. The van der Waals surface area contributed by atoms with Crippen LogP contribution in [0.4, 0.5) is 15.8 Å². The third-order valence-electron chi connectivity index (χ3n) is 4.37. The lowest BCUT2D eigenvalue weighted by atomic mass is 9.99. The summed E-state index contributed by atoms with van der Waals surface area (Å²) in [7, 11) is 0. The van der Waals surface area contributed by atoms with Crippen molar-refractivity contribution in [3.8, 4) is 0 Å². The van der Waals surface area contributed by atoms with Crippen LogP contribution in [0.25, 0.3) is 0 Å². The smallest absolute Gasteiger partial charge is 0.227 e. The molecule has 2 aliphatic heterocycles. The van der Waals surface area contributed by atoms with E-state index >= 15 is 0 Å². The maximum Gasteiger partial charge on any atom is 0.227 e. The molecule has 1 aromatic rings. The van der Waals surface area contributed by atoms with Crippen LogP contribution < -0.4 is 10.6 Å². The van der Waals surface area contributed by atoms with Gasteiger partial charge < -0.3 is 20.1 Å². The first-order valence-electron chi connectivity index (χ1n) is 8.26. The van der Waals surface area contributed by atoms with Gasteiger partial charge in [-0.2, -0.15) is 0 Å². The molecule has 0 spiro atoms. The van der Waals surface area contributed by atoms with Gasteiger partial charge in [-0.1, -0.05) is 0 Å². The SMILES string of the molecule is O=C(Nc1ccc(NCC2CCCO2)c(F)c1)C1CCOCC1. The Morgan fingerprint density at radius 3 is 2.74 bits per heavy atom. The zero-order chi connectivity index (χ0) is 16.1. The van der Waals surface area contributed by atoms with Crippen LogP contribution in [0.2, 0.25) is 0 Å². The number of carbonyl (C=O) groups is 1. The number of carbonyl (C=O) groups excluding carboxylic acids is 1. The average molecular weight is 322 g/mol. The van der Waals surface area contributed by atoms with Crippen molar-refractivity contribution in [3.05, 3.63) is 24.0 Å². The Kier molecular flexibility index (Phi) is 5.46. The van der Waals surface area contributed by atoms with Gasteiger partial charge in [-0.3, -0.25) is 4.79 Å². The number of nitrogens with one attached hydrogen (secondary N) is 2. The standard InChI is InChI=1S/C17H23FN2O3/c18-15-10-13(20-17(21)12-5-8-22-9-6-12)3-4-16(15)19-11-14-2-1-7-23-14/h3-4,10,12,14,19H,1-2,5-9,11H2,(H,20,21). The molecule has 1 atom stereocenters. The quantitative estimate of drug-likeness (QED) is 0.875. The molecule has 5 nitrogen and oxygen atoms in total. The lowest BCUT2D eigenvalue weighted by Gasteiger charge is -2.21. The van der Waals surface area contributed by atoms with E-state index in [9.17, 15) is 9.18 Å². The predicted octanol–water partition coefficient (Wildman–Crippen LogP) is 2.78. The van der Waals surface area contributed by atoms with Gasteiger partial charge in [0.05, 0.1) is 11.8 Å². The summed E-state index contributed by atoms with van der Waals surface area (Å²) < 4.78 is 24.9. The van der Waals surface area contributed by atoms with Crippen LogP contribution in [0.5, 0.6) is 0 Å². The molecule has 2 saturated heterocycles. The second-order valence-corrected chi connectivity index (χ2v) is 6.09. The van der Waals surface area contributed by atoms with Crippen LogP contribution in [-0.4, -0.2) is 38.4 Å². The first-order chi connectivity index (χ1) is 11.2. The van der Waals surface area contributed by atoms with E-state index in [-0.39, 0.29) is 23.7 Å². The van der Waals surface area contributed by atoms with Gasteiger partial charge in [0.15, 0.2) is 0 Å². The van der Waals surface area contributed by atoms with E-state index in [4.69, 9.17) is 9.47 Å². The Morgan fingerprint density at radius 1 is 1.22 bits per heavy atom. The minimum Gasteiger partial charge on any atom is -0.381 e. The molecule has 2 fully saturated rings. The summed E-state index contributed by atoms with van der Waals surface area (Å²) in [5.41, 5.74) is 0.922. The molecule has 2 heterocycles. The fraction of sp³-hybridized carbons (Fsp3) is 0.588. The van der Waals surface area contributed by atoms with Crippen molar-refractivity contribution in [1.29, 1.82) is 0 Å². The van der Waals surface area contributed by atoms with Crippen molar-refractivity contribution in [2.24, 2.45) is 5.92 Å². The van der Waals surface area contributed by atoms with Crippen molar-refractivity contribution < 1.29 is 18.7 Å². The molecule has 126 valence electrons. The van der Waals surface area contributed by atoms with E-state index < -0.39 is 0 Å². The first kappa shape index (κ1) is 16.2. The van der Waals surface area contributed by atoms with Crippen molar-refractivity contribution in [2.45, 2.75) is 31.8 Å². The van der Waals surface area contributed by atoms with Crippen LogP contribution in [0.15, 0.2) is 18.2 Å². The minimum absolute atomic E-state index is 0.0517. The molecule has 0 aliphatic carbocycles. The molecule has 1 amide bonds. The highest BCUT2D eigenvalue weighted by Gasteiger charge is 2.22. The fourth-order valence-corrected chi connectivity index (χ4v) is 2.97. The lowest BCUT2D eigenvalue weighted by molar-refractivity contribution is -0.122. The highest BCUT2D eigenvalue weighted by molar-refractivity contribution is 5.92. The maximum atomic E-state index is 14.1. The van der Waals surface area contributed by atoms with Crippen molar-refractivity contribution in [2.75, 3.05) is 37.0 Å². The summed E-state index contributed by atoms with van der Waals surface area (Å²) in [5.74, 6) is -0.482. The monoisotopic (exact) mass is 322 g/mol. The van der Waals surface area contributed by atoms with E-state index in [1.54, 1.807) is 12.1 Å². The summed E-state index contributed by atoms with van der Waals surface area (Å²) in [6.45, 7) is 2.60. The lowest BCUT2D eigenvalue weighted by Crippen LogP contribution is -2.28. The zero-order valence-corrected chi connectivity index (χ0v) is 13.1. The topological polar surface area (TPSA) is 59.6 Å². The van der Waals surface area contributed by atoms with Gasteiger partial charge in [-0.15, -0.1) is 0 Å². The van der Waals surface area contributed by atoms with E-state index in [0.29, 0.717) is 31.1 Å². The number of hydrogen-bond acceptors (Lipinski definition) is 4. The highest BCUT2D eigenvalue weighted by atomic mass is 19.1. The Balaban J connectivity index is 1.54. The van der Waals surface area contributed by atoms with Gasteiger partial charge in [0.1, 0.15) is 5.82 Å². The molecule has 23 heavy (non-hydrogen) atoms. The van der Waals surface area contributed by atoms with Crippen molar-refractivity contribution in [1.82, 2.24) is 0 Å². The van der Waals surface area contributed by atoms with Crippen LogP contribution in [0.3, 0.4) is 0 Å². The Labute approximate surface area is 135 Å². The van der Waals surface area contributed by atoms with Gasteiger partial charge in [0.25, 0.3) is 0 Å². The Morgan fingerprint density at radius 2 is 2.04 bits per heavy atom. The Hall–Kier alpha value is -1.66. The number of benzene rings is 1. The molecule has 2 N–H and O–H groups in total. The molecule has 3 rings (SSSR count). The molecule has 2 aliphatic rings. The van der Waals surface area contributed by atoms with Crippen LogP contribution in [-0.2, 0) is 14.3 Å². The molecular weight excluding hydrogens is 299 g/mol. The van der Waals surface area contributed by atoms with Crippen LogP contribution >= 0.6 is 0 Å². The summed E-state index contributed by atoms with van der Waals surface area (Å²) >= 11 is 0. The number of hydrogen-bond donors (Lipinski definition) is 2. The molecule has 0 aromatic heterocycles. The normalized spacial score (nSPS) is 22.0. The summed E-state index contributed by atoms with van der Waals surface area (Å²) in [6.07, 6.45) is 3.66. The second-order valence-electron chi connectivity index (χ2n) is 6.09. The van der Waals surface area contributed by atoms with E-state index in [1.165, 1.54) is 6.07 Å². The molecule has 0 saturated carbocycles. The van der Waals surface area contributed by atoms with E-state index in [0.717, 1.165) is 32.3 Å². The number of anilines is 2. The van der Waals surface area contributed by atoms with Gasteiger partial charge in [0, 0.05) is 38.0 Å². The summed E-state index contributed by atoms with van der Waals surface area (Å²) in [5, 5.41) is 5.86. The molecule has 0 bridgehead atoms. The predicted molar refractivity (Wildman–Crippen MR) is 86.0 cm³/mol. The number of halogens is 1. The van der Waals surface area contributed by atoms with Gasteiger partial charge >= 0.3 is 0 Å². The molecule has 1 unspecified atom stereocenters. The first-order valence-corrected chi connectivity index (χ1v) is 8.26. The third kappa shape index (κ3) is 4.42. The van der Waals surface area contributed by atoms with E-state index in [2.05, 4.69) is 10.6 Å². The van der Waals surface area contributed by atoms with Gasteiger partial charge in [-0.25, -0.2) is 4.39 Å². The van der Waals surface area contributed by atoms with Gasteiger partial charge in [0.2, 0.25) is 5.91 Å².